The number of halogens is 1. The summed E-state index contributed by atoms with van der Waals surface area (Å²) in [5.74, 6) is -0.355. The van der Waals surface area contributed by atoms with Crippen LogP contribution in [0.2, 0.25) is 0 Å². The molecule has 1 saturated heterocycles. The molecule has 4 nitrogen and oxygen atoms in total. The number of likely N-dealkylation sites (tertiary alicyclic amines) is 1. The van der Waals surface area contributed by atoms with E-state index in [1.807, 2.05) is 11.0 Å². The third-order valence-corrected chi connectivity index (χ3v) is 5.64. The van der Waals surface area contributed by atoms with E-state index in [0.717, 1.165) is 32.4 Å². The molecule has 26 heavy (non-hydrogen) atoms. The lowest BCUT2D eigenvalue weighted by Gasteiger charge is -2.19. The lowest BCUT2D eigenvalue weighted by Crippen LogP contribution is -2.28. The van der Waals surface area contributed by atoms with Crippen LogP contribution in [0.4, 0.5) is 10.1 Å². The Labute approximate surface area is 155 Å². The average molecular weight is 369 g/mol. The van der Waals surface area contributed by atoms with Crippen molar-refractivity contribution >= 4 is 33.8 Å². The predicted molar refractivity (Wildman–Crippen MR) is 103 cm³/mol. The van der Waals surface area contributed by atoms with Gasteiger partial charge in [-0.15, -0.1) is 11.3 Å². The van der Waals surface area contributed by atoms with Gasteiger partial charge in [-0.05, 0) is 48.9 Å². The first-order valence-electron chi connectivity index (χ1n) is 8.86. The molecule has 1 amide bonds. The van der Waals surface area contributed by atoms with E-state index < -0.39 is 0 Å². The van der Waals surface area contributed by atoms with E-state index in [4.69, 9.17) is 0 Å². The second-order valence-corrected chi connectivity index (χ2v) is 7.50. The fraction of sp³-hybridized carbons (Fsp3) is 0.300. The summed E-state index contributed by atoms with van der Waals surface area (Å²) in [5.41, 5.74) is 1.89. The number of aromatic nitrogens is 1. The molecular formula is C20H20FN3OS. The number of carbonyl (C=O) groups excluding carboxylic acids is 1. The Bertz CT molecular complexity index is 920. The first-order valence-corrected chi connectivity index (χ1v) is 9.74. The normalized spacial score (nSPS) is 14.1. The number of hydrogen-bond acceptors (Lipinski definition) is 4. The van der Waals surface area contributed by atoms with Crippen molar-refractivity contribution in [2.45, 2.75) is 19.3 Å². The Balaban J connectivity index is 1.68. The molecule has 3 aromatic rings. The number of pyridine rings is 1. The van der Waals surface area contributed by atoms with Crippen LogP contribution in [0.5, 0.6) is 0 Å². The molecule has 1 aliphatic heterocycles. The van der Waals surface area contributed by atoms with Crippen LogP contribution in [0.1, 0.15) is 28.1 Å². The van der Waals surface area contributed by atoms with Crippen LogP contribution in [0.25, 0.3) is 10.9 Å². The van der Waals surface area contributed by atoms with Crippen LogP contribution in [0.15, 0.2) is 41.9 Å². The topological polar surface area (TPSA) is 45.2 Å². The van der Waals surface area contributed by atoms with Crippen molar-refractivity contribution in [1.29, 1.82) is 0 Å². The van der Waals surface area contributed by atoms with Gasteiger partial charge in [0.05, 0.1) is 16.8 Å². The van der Waals surface area contributed by atoms with Gasteiger partial charge in [0.1, 0.15) is 5.82 Å². The standard InChI is InChI=1S/C20H20FN3OS/c21-14-5-6-18-16(12-14)19(22-8-7-15-4-3-11-26-15)17(13-23-18)20(25)24-9-1-2-10-24/h3-6,11-13H,1-2,7-10H2,(H,22,23). The Morgan fingerprint density at radius 3 is 2.88 bits per heavy atom. The number of carbonyl (C=O) groups is 1. The maximum Gasteiger partial charge on any atom is 0.257 e. The van der Waals surface area contributed by atoms with E-state index in [9.17, 15) is 9.18 Å². The summed E-state index contributed by atoms with van der Waals surface area (Å²) in [6, 6.07) is 8.62. The molecule has 4 rings (SSSR count). The van der Waals surface area contributed by atoms with Gasteiger partial charge >= 0.3 is 0 Å². The number of thiophene rings is 1. The van der Waals surface area contributed by atoms with E-state index in [1.54, 1.807) is 23.6 Å². The van der Waals surface area contributed by atoms with Crippen molar-refractivity contribution < 1.29 is 9.18 Å². The molecule has 0 radical (unpaired) electrons. The summed E-state index contributed by atoms with van der Waals surface area (Å²) < 4.78 is 13.8. The summed E-state index contributed by atoms with van der Waals surface area (Å²) in [6.45, 7) is 2.22. The van der Waals surface area contributed by atoms with Crippen LogP contribution in [0, 0.1) is 5.82 Å². The number of benzene rings is 1. The van der Waals surface area contributed by atoms with Crippen LogP contribution in [-0.4, -0.2) is 35.4 Å². The molecule has 0 unspecified atom stereocenters. The van der Waals surface area contributed by atoms with Crippen LogP contribution in [0.3, 0.4) is 0 Å². The second kappa shape index (κ2) is 7.41. The highest BCUT2D eigenvalue weighted by Crippen LogP contribution is 2.29. The Morgan fingerprint density at radius 1 is 1.27 bits per heavy atom. The number of hydrogen-bond donors (Lipinski definition) is 1. The lowest BCUT2D eigenvalue weighted by molar-refractivity contribution is 0.0793. The van der Waals surface area contributed by atoms with Crippen molar-refractivity contribution in [2.75, 3.05) is 25.0 Å². The molecule has 0 aliphatic carbocycles. The van der Waals surface area contributed by atoms with Crippen molar-refractivity contribution in [3.63, 3.8) is 0 Å². The van der Waals surface area contributed by atoms with Crippen molar-refractivity contribution in [1.82, 2.24) is 9.88 Å². The van der Waals surface area contributed by atoms with Crippen LogP contribution >= 0.6 is 11.3 Å². The van der Waals surface area contributed by atoms with Crippen LogP contribution in [-0.2, 0) is 6.42 Å². The van der Waals surface area contributed by atoms with E-state index in [2.05, 4.69) is 21.7 Å². The number of nitrogens with one attached hydrogen (secondary N) is 1. The van der Waals surface area contributed by atoms with Gasteiger partial charge in [-0.1, -0.05) is 6.07 Å². The van der Waals surface area contributed by atoms with Crippen LogP contribution < -0.4 is 5.32 Å². The molecule has 2 aromatic heterocycles. The minimum absolute atomic E-state index is 0.0280. The summed E-state index contributed by atoms with van der Waals surface area (Å²) in [7, 11) is 0. The minimum Gasteiger partial charge on any atom is -0.383 e. The fourth-order valence-electron chi connectivity index (χ4n) is 3.37. The molecule has 0 saturated carbocycles. The number of fused-ring (bicyclic) bond motifs is 1. The molecule has 0 spiro atoms. The van der Waals surface area contributed by atoms with Gasteiger partial charge < -0.3 is 10.2 Å². The summed E-state index contributed by atoms with van der Waals surface area (Å²) >= 11 is 1.71. The number of nitrogens with zero attached hydrogens (tertiary/aromatic N) is 2. The van der Waals surface area contributed by atoms with Gasteiger partial charge in [-0.3, -0.25) is 9.78 Å². The molecule has 1 aromatic carbocycles. The zero-order valence-electron chi connectivity index (χ0n) is 14.4. The van der Waals surface area contributed by atoms with Crippen molar-refractivity contribution in [3.05, 3.63) is 58.2 Å². The van der Waals surface area contributed by atoms with Gasteiger partial charge in [0.25, 0.3) is 5.91 Å². The summed E-state index contributed by atoms with van der Waals surface area (Å²) in [4.78, 5) is 20.5. The molecule has 1 N–H and O–H groups in total. The Morgan fingerprint density at radius 2 is 2.12 bits per heavy atom. The minimum atomic E-state index is -0.327. The molecule has 6 heteroatoms. The van der Waals surface area contributed by atoms with E-state index >= 15 is 0 Å². The van der Waals surface area contributed by atoms with Gasteiger partial charge in [0, 0.05) is 36.1 Å². The smallest absolute Gasteiger partial charge is 0.257 e. The highest BCUT2D eigenvalue weighted by Gasteiger charge is 2.23. The molecule has 3 heterocycles. The largest absolute Gasteiger partial charge is 0.383 e. The third-order valence-electron chi connectivity index (χ3n) is 4.71. The third kappa shape index (κ3) is 3.42. The number of amides is 1. The quantitative estimate of drug-likeness (QED) is 0.728. The predicted octanol–water partition coefficient (Wildman–Crippen LogP) is 4.33. The second-order valence-electron chi connectivity index (χ2n) is 6.46. The fourth-order valence-corrected chi connectivity index (χ4v) is 4.08. The Kier molecular flexibility index (Phi) is 4.84. The summed E-state index contributed by atoms with van der Waals surface area (Å²) in [5, 5.41) is 6.08. The molecule has 134 valence electrons. The highest BCUT2D eigenvalue weighted by atomic mass is 32.1. The van der Waals surface area contributed by atoms with E-state index in [-0.39, 0.29) is 11.7 Å². The first kappa shape index (κ1) is 17.0. The van der Waals surface area contributed by atoms with E-state index in [0.29, 0.717) is 28.7 Å². The average Bonchev–Trinajstić information content (AvgIpc) is 3.35. The molecule has 1 aliphatic rings. The van der Waals surface area contributed by atoms with Crippen molar-refractivity contribution in [3.8, 4) is 0 Å². The zero-order valence-corrected chi connectivity index (χ0v) is 15.2. The number of anilines is 1. The maximum atomic E-state index is 13.8. The lowest BCUT2D eigenvalue weighted by atomic mass is 10.1. The molecule has 1 fully saturated rings. The maximum absolute atomic E-state index is 13.8. The molecule has 0 bridgehead atoms. The molecule has 0 atom stereocenters. The van der Waals surface area contributed by atoms with E-state index in [1.165, 1.54) is 17.0 Å². The number of rotatable bonds is 5. The van der Waals surface area contributed by atoms with Gasteiger partial charge in [0.2, 0.25) is 0 Å². The van der Waals surface area contributed by atoms with Gasteiger partial charge in [-0.25, -0.2) is 4.39 Å². The molecular weight excluding hydrogens is 349 g/mol. The zero-order chi connectivity index (χ0) is 17.9. The monoisotopic (exact) mass is 369 g/mol. The van der Waals surface area contributed by atoms with Gasteiger partial charge in [-0.2, -0.15) is 0 Å². The summed E-state index contributed by atoms with van der Waals surface area (Å²) in [6.07, 6.45) is 4.54. The Hall–Kier alpha value is -2.47. The van der Waals surface area contributed by atoms with Crippen molar-refractivity contribution in [2.24, 2.45) is 0 Å². The van der Waals surface area contributed by atoms with Gasteiger partial charge in [0.15, 0.2) is 0 Å². The highest BCUT2D eigenvalue weighted by molar-refractivity contribution is 7.09. The SMILES string of the molecule is O=C(c1cnc2ccc(F)cc2c1NCCc1cccs1)N1CCCC1. The first-order chi connectivity index (χ1) is 12.7.